The zero-order valence-corrected chi connectivity index (χ0v) is 17.0. The van der Waals surface area contributed by atoms with Crippen LogP contribution in [0, 0.1) is 0 Å². The lowest BCUT2D eigenvalue weighted by molar-refractivity contribution is -0.135. The molecule has 0 N–H and O–H groups in total. The molecule has 2 aliphatic heterocycles. The summed E-state index contributed by atoms with van der Waals surface area (Å²) in [6.07, 6.45) is 8.63. The number of unbranched alkanes of at least 4 members (excludes halogenated alkanes) is 1. The monoisotopic (exact) mass is 355 g/mol. The fourth-order valence-electron chi connectivity index (χ4n) is 4.02. The molecule has 1 atom stereocenters. The first-order valence-electron chi connectivity index (χ1n) is 9.75. The van der Waals surface area contributed by atoms with Crippen LogP contribution in [0.2, 0.25) is 0 Å². The van der Waals surface area contributed by atoms with Gasteiger partial charge in [-0.2, -0.15) is 11.8 Å². The summed E-state index contributed by atoms with van der Waals surface area (Å²) in [5.74, 6) is 0.371. The summed E-state index contributed by atoms with van der Waals surface area (Å²) in [5.41, 5.74) is 0.294. The predicted octanol–water partition coefficient (Wildman–Crippen LogP) is 2.93. The number of carbonyl (C=O) groups excluding carboxylic acids is 1. The number of hydrogen-bond acceptors (Lipinski definition) is 4. The Hall–Kier alpha value is -0.260. The van der Waals surface area contributed by atoms with Crippen molar-refractivity contribution in [3.05, 3.63) is 0 Å². The lowest BCUT2D eigenvalue weighted by Crippen LogP contribution is -2.64. The molecule has 0 aliphatic carbocycles. The van der Waals surface area contributed by atoms with Crippen molar-refractivity contribution in [3.63, 3.8) is 0 Å². The van der Waals surface area contributed by atoms with Gasteiger partial charge < -0.3 is 9.80 Å². The highest BCUT2D eigenvalue weighted by molar-refractivity contribution is 7.99. The molecule has 0 aromatic carbocycles. The van der Waals surface area contributed by atoms with Crippen molar-refractivity contribution in [2.75, 3.05) is 52.6 Å². The average molecular weight is 356 g/mol. The third-order valence-corrected chi connectivity index (χ3v) is 7.17. The Morgan fingerprint density at radius 1 is 1.21 bits per heavy atom. The second-order valence-electron chi connectivity index (χ2n) is 7.74. The maximum atomic E-state index is 12.3. The number of nitrogens with zero attached hydrogens (tertiary/aromatic N) is 3. The van der Waals surface area contributed by atoms with E-state index in [1.807, 2.05) is 11.8 Å². The molecular formula is C19H37N3OS. The molecule has 1 unspecified atom stereocenters. The van der Waals surface area contributed by atoms with Crippen LogP contribution in [-0.2, 0) is 4.79 Å². The van der Waals surface area contributed by atoms with Gasteiger partial charge in [-0.05, 0) is 45.5 Å². The first-order chi connectivity index (χ1) is 11.5. The Morgan fingerprint density at radius 3 is 2.54 bits per heavy atom. The van der Waals surface area contributed by atoms with Crippen LogP contribution in [0.5, 0.6) is 0 Å². The largest absolute Gasteiger partial charge is 0.343 e. The third-order valence-electron chi connectivity index (χ3n) is 6.12. The van der Waals surface area contributed by atoms with Gasteiger partial charge in [0.2, 0.25) is 5.91 Å². The quantitative estimate of drug-likeness (QED) is 0.701. The van der Waals surface area contributed by atoms with E-state index < -0.39 is 0 Å². The number of amides is 1. The summed E-state index contributed by atoms with van der Waals surface area (Å²) in [6.45, 7) is 11.1. The fourth-order valence-corrected chi connectivity index (χ4v) is 4.36. The second-order valence-corrected chi connectivity index (χ2v) is 9.02. The van der Waals surface area contributed by atoms with Gasteiger partial charge in [-0.3, -0.25) is 9.69 Å². The van der Waals surface area contributed by atoms with Crippen LogP contribution in [0.3, 0.4) is 0 Å². The minimum absolute atomic E-state index is 0.294. The molecule has 0 aromatic heterocycles. The molecule has 2 rings (SSSR count). The molecule has 0 radical (unpaired) electrons. The van der Waals surface area contributed by atoms with Crippen molar-refractivity contribution < 1.29 is 4.79 Å². The molecular weight excluding hydrogens is 318 g/mol. The van der Waals surface area contributed by atoms with Gasteiger partial charge in [0.15, 0.2) is 0 Å². The fraction of sp³-hybridized carbons (Fsp3) is 0.947. The van der Waals surface area contributed by atoms with E-state index in [0.29, 0.717) is 11.4 Å². The highest BCUT2D eigenvalue weighted by Crippen LogP contribution is 2.32. The summed E-state index contributed by atoms with van der Waals surface area (Å²) in [5, 5.41) is 0.749. The smallest absolute Gasteiger partial charge is 0.222 e. The van der Waals surface area contributed by atoms with Crippen molar-refractivity contribution in [1.82, 2.24) is 14.7 Å². The minimum Gasteiger partial charge on any atom is -0.343 e. The number of likely N-dealkylation sites (N-methyl/N-ethyl adjacent to an activating group) is 1. The molecule has 1 spiro atoms. The van der Waals surface area contributed by atoms with Gasteiger partial charge in [0.05, 0.1) is 0 Å². The summed E-state index contributed by atoms with van der Waals surface area (Å²) < 4.78 is 0. The number of likely N-dealkylation sites (tertiary alicyclic amines) is 1. The van der Waals surface area contributed by atoms with Crippen LogP contribution < -0.4 is 0 Å². The summed E-state index contributed by atoms with van der Waals surface area (Å²) >= 11 is 1.97. The normalized spacial score (nSPS) is 23.6. The van der Waals surface area contributed by atoms with Crippen LogP contribution in [0.25, 0.3) is 0 Å². The van der Waals surface area contributed by atoms with E-state index in [4.69, 9.17) is 0 Å². The zero-order valence-electron chi connectivity index (χ0n) is 16.2. The van der Waals surface area contributed by atoms with Crippen molar-refractivity contribution in [3.8, 4) is 0 Å². The van der Waals surface area contributed by atoms with Crippen LogP contribution in [0.4, 0.5) is 0 Å². The maximum absolute atomic E-state index is 12.3. The SMILES string of the molecule is CCCCC(=O)N1CCC2(CC1)CN(CCC(C)SC)CCN2C. The molecule has 1 amide bonds. The van der Waals surface area contributed by atoms with E-state index in [2.05, 4.69) is 41.9 Å². The Kier molecular flexibility index (Phi) is 7.89. The Morgan fingerprint density at radius 2 is 1.92 bits per heavy atom. The molecule has 4 nitrogen and oxygen atoms in total. The standard InChI is InChI=1S/C19H37N3OS/c1-5-6-7-18(23)22-12-9-19(10-13-22)16-21(15-14-20(19)3)11-8-17(2)24-4/h17H,5-16H2,1-4H3. The lowest BCUT2D eigenvalue weighted by Gasteiger charge is -2.53. The molecule has 140 valence electrons. The van der Waals surface area contributed by atoms with Gasteiger partial charge in [0.1, 0.15) is 0 Å². The molecule has 0 bridgehead atoms. The van der Waals surface area contributed by atoms with Crippen molar-refractivity contribution >= 4 is 17.7 Å². The van der Waals surface area contributed by atoms with Crippen LogP contribution in [-0.4, -0.2) is 84.0 Å². The van der Waals surface area contributed by atoms with E-state index in [-0.39, 0.29) is 0 Å². The minimum atomic E-state index is 0.294. The number of piperazine rings is 1. The second kappa shape index (κ2) is 9.44. The summed E-state index contributed by atoms with van der Waals surface area (Å²) in [4.78, 5) is 19.6. The topological polar surface area (TPSA) is 26.8 Å². The van der Waals surface area contributed by atoms with E-state index in [1.54, 1.807) is 0 Å². The van der Waals surface area contributed by atoms with E-state index in [1.165, 1.54) is 26.1 Å². The van der Waals surface area contributed by atoms with E-state index in [0.717, 1.165) is 57.0 Å². The summed E-state index contributed by atoms with van der Waals surface area (Å²) in [7, 11) is 2.29. The maximum Gasteiger partial charge on any atom is 0.222 e. The van der Waals surface area contributed by atoms with Gasteiger partial charge >= 0.3 is 0 Å². The lowest BCUT2D eigenvalue weighted by atomic mass is 9.83. The molecule has 5 heteroatoms. The molecule has 2 heterocycles. The van der Waals surface area contributed by atoms with Gasteiger partial charge in [-0.25, -0.2) is 0 Å². The van der Waals surface area contributed by atoms with Gasteiger partial charge in [-0.15, -0.1) is 0 Å². The van der Waals surface area contributed by atoms with Crippen molar-refractivity contribution in [2.24, 2.45) is 0 Å². The van der Waals surface area contributed by atoms with Crippen LogP contribution in [0.15, 0.2) is 0 Å². The predicted molar refractivity (Wildman–Crippen MR) is 105 cm³/mol. The number of hydrogen-bond donors (Lipinski definition) is 0. The first-order valence-corrected chi connectivity index (χ1v) is 11.0. The van der Waals surface area contributed by atoms with Crippen LogP contribution in [0.1, 0.15) is 52.4 Å². The Bertz CT molecular complexity index is 396. The average Bonchev–Trinajstić information content (AvgIpc) is 2.61. The first kappa shape index (κ1) is 20.1. The Labute approximate surface area is 153 Å². The third kappa shape index (κ3) is 5.12. The number of thioether (sulfide) groups is 1. The highest BCUT2D eigenvalue weighted by atomic mass is 32.2. The Balaban J connectivity index is 1.86. The molecule has 2 aliphatic rings. The van der Waals surface area contributed by atoms with Crippen LogP contribution >= 0.6 is 11.8 Å². The van der Waals surface area contributed by atoms with E-state index >= 15 is 0 Å². The molecule has 2 saturated heterocycles. The number of rotatable bonds is 7. The molecule has 0 saturated carbocycles. The summed E-state index contributed by atoms with van der Waals surface area (Å²) in [6, 6.07) is 0. The van der Waals surface area contributed by atoms with Gasteiger partial charge in [-0.1, -0.05) is 20.3 Å². The number of carbonyl (C=O) groups is 1. The van der Waals surface area contributed by atoms with E-state index in [9.17, 15) is 4.79 Å². The van der Waals surface area contributed by atoms with Crippen molar-refractivity contribution in [2.45, 2.75) is 63.2 Å². The van der Waals surface area contributed by atoms with Gasteiger partial charge in [0, 0.05) is 49.9 Å². The van der Waals surface area contributed by atoms with Gasteiger partial charge in [0.25, 0.3) is 0 Å². The molecule has 0 aromatic rings. The highest BCUT2D eigenvalue weighted by Gasteiger charge is 2.42. The van der Waals surface area contributed by atoms with Crippen molar-refractivity contribution in [1.29, 1.82) is 0 Å². The molecule has 2 fully saturated rings. The zero-order chi connectivity index (χ0) is 17.6. The molecule has 24 heavy (non-hydrogen) atoms. The number of piperidine rings is 1.